The van der Waals surface area contributed by atoms with E-state index in [1.807, 2.05) is 0 Å². The molecule has 0 radical (unpaired) electrons. The molecule has 0 fully saturated rings. The van der Waals surface area contributed by atoms with Gasteiger partial charge in [0.25, 0.3) is 0 Å². The lowest BCUT2D eigenvalue weighted by Gasteiger charge is -2.07. The van der Waals surface area contributed by atoms with E-state index in [2.05, 4.69) is 10.0 Å². The molecule has 3 rings (SSSR count). The Balaban J connectivity index is 1.59. The van der Waals surface area contributed by atoms with Gasteiger partial charge in [0, 0.05) is 11.8 Å². The van der Waals surface area contributed by atoms with Crippen LogP contribution in [0.3, 0.4) is 0 Å². The van der Waals surface area contributed by atoms with Crippen molar-refractivity contribution in [1.82, 2.24) is 4.72 Å². The Morgan fingerprint density at radius 3 is 2.38 bits per heavy atom. The summed E-state index contributed by atoms with van der Waals surface area (Å²) in [5, 5.41) is 2.64. The molecule has 0 aliphatic rings. The Labute approximate surface area is 150 Å². The van der Waals surface area contributed by atoms with E-state index in [0.29, 0.717) is 17.2 Å². The van der Waals surface area contributed by atoms with E-state index < -0.39 is 10.0 Å². The second-order valence-corrected chi connectivity index (χ2v) is 7.03. The minimum Gasteiger partial charge on any atom is -0.468 e. The van der Waals surface area contributed by atoms with E-state index in [4.69, 9.17) is 8.83 Å². The van der Waals surface area contributed by atoms with Crippen molar-refractivity contribution in [2.45, 2.75) is 11.4 Å². The molecule has 0 spiro atoms. The molecule has 134 valence electrons. The first-order valence-corrected chi connectivity index (χ1v) is 9.16. The van der Waals surface area contributed by atoms with Crippen LogP contribution in [0.1, 0.15) is 11.5 Å². The maximum atomic E-state index is 12.2. The van der Waals surface area contributed by atoms with Gasteiger partial charge in [0.2, 0.25) is 15.9 Å². The molecule has 0 aliphatic carbocycles. The summed E-state index contributed by atoms with van der Waals surface area (Å²) < 4.78 is 37.1. The van der Waals surface area contributed by atoms with Gasteiger partial charge in [-0.15, -0.1) is 0 Å². The Hall–Kier alpha value is -3.10. The zero-order valence-corrected chi connectivity index (χ0v) is 14.4. The number of furan rings is 2. The van der Waals surface area contributed by atoms with Gasteiger partial charge in [0.05, 0.1) is 24.0 Å². The van der Waals surface area contributed by atoms with Crippen LogP contribution in [-0.2, 0) is 21.4 Å². The average molecular weight is 372 g/mol. The van der Waals surface area contributed by atoms with Gasteiger partial charge in [-0.1, -0.05) is 0 Å². The highest BCUT2D eigenvalue weighted by molar-refractivity contribution is 7.89. The fourth-order valence-corrected chi connectivity index (χ4v) is 3.10. The molecule has 26 heavy (non-hydrogen) atoms. The summed E-state index contributed by atoms with van der Waals surface area (Å²) in [7, 11) is -3.67. The summed E-state index contributed by atoms with van der Waals surface area (Å²) >= 11 is 0. The first kappa shape index (κ1) is 17.7. The van der Waals surface area contributed by atoms with Crippen LogP contribution < -0.4 is 10.0 Å². The molecule has 1 aromatic carbocycles. The smallest absolute Gasteiger partial charge is 0.248 e. The highest BCUT2D eigenvalue weighted by Crippen LogP contribution is 2.15. The number of carbonyl (C=O) groups is 1. The molecule has 2 N–H and O–H groups in total. The Morgan fingerprint density at radius 1 is 1.00 bits per heavy atom. The molecule has 8 heteroatoms. The summed E-state index contributed by atoms with van der Waals surface area (Å²) in [5.41, 5.74) is 0.476. The minimum atomic E-state index is -3.67. The van der Waals surface area contributed by atoms with Gasteiger partial charge in [-0.2, -0.15) is 0 Å². The van der Waals surface area contributed by atoms with Gasteiger partial charge in [-0.3, -0.25) is 4.79 Å². The lowest BCUT2D eigenvalue weighted by molar-refractivity contribution is -0.111. The molecule has 1 amide bonds. The first-order valence-electron chi connectivity index (χ1n) is 7.68. The van der Waals surface area contributed by atoms with Crippen LogP contribution >= 0.6 is 0 Å². The lowest BCUT2D eigenvalue weighted by atomic mass is 10.3. The van der Waals surface area contributed by atoms with Crippen LogP contribution in [0.2, 0.25) is 0 Å². The quantitative estimate of drug-likeness (QED) is 0.621. The van der Waals surface area contributed by atoms with E-state index in [1.54, 1.807) is 24.3 Å². The van der Waals surface area contributed by atoms with E-state index >= 15 is 0 Å². The summed E-state index contributed by atoms with van der Waals surface area (Å²) in [5.74, 6) is 0.720. The number of hydrogen-bond donors (Lipinski definition) is 2. The van der Waals surface area contributed by atoms with Crippen LogP contribution in [0, 0.1) is 0 Å². The van der Waals surface area contributed by atoms with E-state index in [-0.39, 0.29) is 17.3 Å². The molecular formula is C18H16N2O5S. The molecule has 0 unspecified atom stereocenters. The monoisotopic (exact) mass is 372 g/mol. The fourth-order valence-electron chi connectivity index (χ4n) is 2.11. The Kier molecular flexibility index (Phi) is 5.35. The third-order valence-electron chi connectivity index (χ3n) is 3.39. The third kappa shape index (κ3) is 4.71. The number of nitrogens with one attached hydrogen (secondary N) is 2. The van der Waals surface area contributed by atoms with Gasteiger partial charge < -0.3 is 14.2 Å². The molecule has 2 aromatic heterocycles. The number of hydrogen-bond acceptors (Lipinski definition) is 5. The third-order valence-corrected chi connectivity index (χ3v) is 4.81. The highest BCUT2D eigenvalue weighted by atomic mass is 32.2. The van der Waals surface area contributed by atoms with Gasteiger partial charge in [-0.05, 0) is 54.6 Å². The number of benzene rings is 1. The van der Waals surface area contributed by atoms with Crippen molar-refractivity contribution in [3.8, 4) is 0 Å². The SMILES string of the molecule is O=C(/C=C/c1ccco1)Nc1ccc(S(=O)(=O)NCc2ccco2)cc1. The molecule has 7 nitrogen and oxygen atoms in total. The highest BCUT2D eigenvalue weighted by Gasteiger charge is 2.14. The van der Waals surface area contributed by atoms with Crippen LogP contribution in [0.25, 0.3) is 6.08 Å². The normalized spacial score (nSPS) is 11.7. The summed E-state index contributed by atoms with van der Waals surface area (Å²) in [4.78, 5) is 11.9. The number of anilines is 1. The van der Waals surface area contributed by atoms with Crippen LogP contribution in [-0.4, -0.2) is 14.3 Å². The topological polar surface area (TPSA) is 102 Å². The molecule has 0 atom stereocenters. The molecule has 0 aliphatic heterocycles. The van der Waals surface area contributed by atoms with E-state index in [0.717, 1.165) is 0 Å². The number of sulfonamides is 1. The molecule has 0 saturated carbocycles. The van der Waals surface area contributed by atoms with Gasteiger partial charge >= 0.3 is 0 Å². The summed E-state index contributed by atoms with van der Waals surface area (Å²) in [6.45, 7) is 0.0609. The average Bonchev–Trinajstić information content (AvgIpc) is 3.32. The van der Waals surface area contributed by atoms with Gasteiger partial charge in [-0.25, -0.2) is 13.1 Å². The van der Waals surface area contributed by atoms with Crippen molar-refractivity contribution in [2.24, 2.45) is 0 Å². The minimum absolute atomic E-state index is 0.0609. The summed E-state index contributed by atoms with van der Waals surface area (Å²) in [6, 6.07) is 12.7. The summed E-state index contributed by atoms with van der Waals surface area (Å²) in [6.07, 6.45) is 5.85. The van der Waals surface area contributed by atoms with Crippen LogP contribution in [0.15, 0.2) is 80.9 Å². The predicted octanol–water partition coefficient (Wildman–Crippen LogP) is 3.00. The van der Waals surface area contributed by atoms with Crippen molar-refractivity contribution in [3.05, 3.63) is 78.7 Å². The molecule has 0 bridgehead atoms. The number of amides is 1. The maximum Gasteiger partial charge on any atom is 0.248 e. The first-order chi connectivity index (χ1) is 12.5. The largest absolute Gasteiger partial charge is 0.468 e. The van der Waals surface area contributed by atoms with Crippen molar-refractivity contribution >= 4 is 27.7 Å². The van der Waals surface area contributed by atoms with Crippen molar-refractivity contribution in [3.63, 3.8) is 0 Å². The standard InChI is InChI=1S/C18H16N2O5S/c21-18(10-7-15-3-1-11-24-15)20-14-5-8-17(9-6-14)26(22,23)19-13-16-4-2-12-25-16/h1-12,19H,13H2,(H,20,21)/b10-7+. The van der Waals surface area contributed by atoms with Crippen LogP contribution in [0.4, 0.5) is 5.69 Å². The second-order valence-electron chi connectivity index (χ2n) is 5.27. The van der Waals surface area contributed by atoms with Crippen molar-refractivity contribution in [1.29, 1.82) is 0 Å². The molecule has 2 heterocycles. The van der Waals surface area contributed by atoms with Gasteiger partial charge in [0.15, 0.2) is 0 Å². The predicted molar refractivity (Wildman–Crippen MR) is 95.5 cm³/mol. The molecular weight excluding hydrogens is 356 g/mol. The lowest BCUT2D eigenvalue weighted by Crippen LogP contribution is -2.23. The molecule has 0 saturated heterocycles. The van der Waals surface area contributed by atoms with E-state index in [1.165, 1.54) is 48.9 Å². The van der Waals surface area contributed by atoms with Crippen LogP contribution in [0.5, 0.6) is 0 Å². The van der Waals surface area contributed by atoms with Gasteiger partial charge in [0.1, 0.15) is 11.5 Å². The maximum absolute atomic E-state index is 12.2. The number of rotatable bonds is 7. The zero-order chi connectivity index (χ0) is 18.4. The Bertz CT molecular complexity index is 973. The van der Waals surface area contributed by atoms with E-state index in [9.17, 15) is 13.2 Å². The van der Waals surface area contributed by atoms with Crippen molar-refractivity contribution < 1.29 is 22.0 Å². The zero-order valence-electron chi connectivity index (χ0n) is 13.6. The molecule has 3 aromatic rings. The van der Waals surface area contributed by atoms with Crippen molar-refractivity contribution in [2.75, 3.05) is 5.32 Å². The Morgan fingerprint density at radius 2 is 1.73 bits per heavy atom. The second kappa shape index (κ2) is 7.85. The fraction of sp³-hybridized carbons (Fsp3) is 0.0556. The number of carbonyl (C=O) groups excluding carboxylic acids is 1.